The number of fused-ring (bicyclic) bond motifs is 1. The van der Waals surface area contributed by atoms with Crippen LogP contribution in [0, 0.1) is 0 Å². The minimum Gasteiger partial charge on any atom is -0.493 e. The molecule has 5 nitrogen and oxygen atoms in total. The highest BCUT2D eigenvalue weighted by Crippen LogP contribution is 2.31. The second-order valence-corrected chi connectivity index (χ2v) is 4.88. The Bertz CT molecular complexity index is 657. The predicted molar refractivity (Wildman–Crippen MR) is 80.5 cm³/mol. The molecule has 2 heterocycles. The van der Waals surface area contributed by atoms with Gasteiger partial charge in [0, 0.05) is 30.8 Å². The van der Waals surface area contributed by atoms with E-state index < -0.39 is 0 Å². The van der Waals surface area contributed by atoms with Crippen molar-refractivity contribution in [3.05, 3.63) is 53.7 Å². The highest BCUT2D eigenvalue weighted by molar-refractivity contribution is 5.95. The number of para-hydroxylation sites is 1. The smallest absolute Gasteiger partial charge is 0.251 e. The molecule has 1 aromatic carbocycles. The fourth-order valence-corrected chi connectivity index (χ4v) is 2.44. The van der Waals surface area contributed by atoms with E-state index in [1.807, 2.05) is 24.3 Å². The van der Waals surface area contributed by atoms with Crippen LogP contribution < -0.4 is 15.4 Å². The first-order valence-electron chi connectivity index (χ1n) is 6.94. The number of aromatic nitrogens is 1. The van der Waals surface area contributed by atoms with Gasteiger partial charge in [-0.25, -0.2) is 4.98 Å². The number of pyridine rings is 1. The molecule has 0 aliphatic carbocycles. The SMILES string of the molecule is CNc1cc(C(=O)NC2CCOc3ccccc32)ccn1. The predicted octanol–water partition coefficient (Wildman–Crippen LogP) is 2.38. The third kappa shape index (κ3) is 2.81. The van der Waals surface area contributed by atoms with E-state index in [-0.39, 0.29) is 11.9 Å². The fraction of sp³-hybridized carbons (Fsp3) is 0.250. The van der Waals surface area contributed by atoms with Crippen molar-refractivity contribution < 1.29 is 9.53 Å². The van der Waals surface area contributed by atoms with Crippen LogP contribution in [-0.4, -0.2) is 24.5 Å². The Labute approximate surface area is 123 Å². The number of carbonyl (C=O) groups excluding carboxylic acids is 1. The summed E-state index contributed by atoms with van der Waals surface area (Å²) in [6, 6.07) is 11.2. The molecule has 2 N–H and O–H groups in total. The molecule has 1 aliphatic rings. The third-order valence-electron chi connectivity index (χ3n) is 3.54. The van der Waals surface area contributed by atoms with Gasteiger partial charge in [0.05, 0.1) is 12.6 Å². The maximum absolute atomic E-state index is 12.4. The zero-order valence-corrected chi connectivity index (χ0v) is 11.8. The number of nitrogens with one attached hydrogen (secondary N) is 2. The Morgan fingerprint density at radius 2 is 2.19 bits per heavy atom. The van der Waals surface area contributed by atoms with Crippen LogP contribution >= 0.6 is 0 Å². The Hall–Kier alpha value is -2.56. The van der Waals surface area contributed by atoms with Gasteiger partial charge in [0.2, 0.25) is 0 Å². The van der Waals surface area contributed by atoms with Crippen LogP contribution in [0.4, 0.5) is 5.82 Å². The average Bonchev–Trinajstić information content (AvgIpc) is 2.55. The van der Waals surface area contributed by atoms with Crippen molar-refractivity contribution in [1.29, 1.82) is 0 Å². The Morgan fingerprint density at radius 1 is 1.33 bits per heavy atom. The molecule has 21 heavy (non-hydrogen) atoms. The Balaban J connectivity index is 1.79. The summed E-state index contributed by atoms with van der Waals surface area (Å²) in [4.78, 5) is 16.5. The molecule has 108 valence electrons. The van der Waals surface area contributed by atoms with Crippen molar-refractivity contribution in [2.45, 2.75) is 12.5 Å². The Morgan fingerprint density at radius 3 is 3.05 bits per heavy atom. The van der Waals surface area contributed by atoms with Gasteiger partial charge in [0.15, 0.2) is 0 Å². The molecule has 3 rings (SSSR count). The van der Waals surface area contributed by atoms with Gasteiger partial charge in [0.25, 0.3) is 5.91 Å². The summed E-state index contributed by atoms with van der Waals surface area (Å²) in [5.41, 5.74) is 1.62. The Kier molecular flexibility index (Phi) is 3.73. The number of hydrogen-bond acceptors (Lipinski definition) is 4. The van der Waals surface area contributed by atoms with Crippen molar-refractivity contribution in [3.63, 3.8) is 0 Å². The first kappa shape index (κ1) is 13.4. The van der Waals surface area contributed by atoms with Crippen LogP contribution in [0.5, 0.6) is 5.75 Å². The zero-order chi connectivity index (χ0) is 14.7. The lowest BCUT2D eigenvalue weighted by atomic mass is 10.0. The lowest BCUT2D eigenvalue weighted by molar-refractivity contribution is 0.0924. The van der Waals surface area contributed by atoms with Crippen LogP contribution in [0.3, 0.4) is 0 Å². The van der Waals surface area contributed by atoms with Crippen molar-refractivity contribution in [2.24, 2.45) is 0 Å². The van der Waals surface area contributed by atoms with Gasteiger partial charge in [-0.2, -0.15) is 0 Å². The van der Waals surface area contributed by atoms with E-state index in [0.717, 1.165) is 17.7 Å². The van der Waals surface area contributed by atoms with Gasteiger partial charge < -0.3 is 15.4 Å². The molecule has 1 atom stereocenters. The second kappa shape index (κ2) is 5.83. The van der Waals surface area contributed by atoms with Crippen molar-refractivity contribution in [3.8, 4) is 5.75 Å². The van der Waals surface area contributed by atoms with E-state index in [9.17, 15) is 4.79 Å². The van der Waals surface area contributed by atoms with Crippen molar-refractivity contribution in [2.75, 3.05) is 19.0 Å². The number of carbonyl (C=O) groups is 1. The van der Waals surface area contributed by atoms with Gasteiger partial charge in [-0.05, 0) is 18.2 Å². The highest BCUT2D eigenvalue weighted by atomic mass is 16.5. The monoisotopic (exact) mass is 283 g/mol. The van der Waals surface area contributed by atoms with E-state index in [2.05, 4.69) is 15.6 Å². The van der Waals surface area contributed by atoms with E-state index in [4.69, 9.17) is 4.74 Å². The average molecular weight is 283 g/mol. The summed E-state index contributed by atoms with van der Waals surface area (Å²) in [5, 5.41) is 6.00. The molecule has 0 saturated carbocycles. The molecular weight excluding hydrogens is 266 g/mol. The molecule has 1 amide bonds. The summed E-state index contributed by atoms with van der Waals surface area (Å²) in [6.07, 6.45) is 2.39. The van der Waals surface area contributed by atoms with Crippen molar-refractivity contribution >= 4 is 11.7 Å². The number of benzene rings is 1. The van der Waals surface area contributed by atoms with Crippen LogP contribution in [0.1, 0.15) is 28.4 Å². The van der Waals surface area contributed by atoms with Crippen LogP contribution in [0.15, 0.2) is 42.6 Å². The van der Waals surface area contributed by atoms with E-state index in [1.54, 1.807) is 25.4 Å². The fourth-order valence-electron chi connectivity index (χ4n) is 2.44. The molecule has 0 saturated heterocycles. The quantitative estimate of drug-likeness (QED) is 0.908. The number of hydrogen-bond donors (Lipinski definition) is 2. The van der Waals surface area contributed by atoms with Gasteiger partial charge >= 0.3 is 0 Å². The topological polar surface area (TPSA) is 63.2 Å². The molecule has 5 heteroatoms. The minimum absolute atomic E-state index is 0.0198. The molecular formula is C16H17N3O2. The summed E-state index contributed by atoms with van der Waals surface area (Å²) in [7, 11) is 1.78. The zero-order valence-electron chi connectivity index (χ0n) is 11.8. The van der Waals surface area contributed by atoms with E-state index in [0.29, 0.717) is 18.0 Å². The summed E-state index contributed by atoms with van der Waals surface area (Å²) >= 11 is 0. The van der Waals surface area contributed by atoms with Crippen LogP contribution in [0.25, 0.3) is 0 Å². The molecule has 1 aliphatic heterocycles. The molecule has 0 radical (unpaired) electrons. The van der Waals surface area contributed by atoms with E-state index >= 15 is 0 Å². The van der Waals surface area contributed by atoms with Gasteiger partial charge in [-0.15, -0.1) is 0 Å². The van der Waals surface area contributed by atoms with Gasteiger partial charge in [-0.1, -0.05) is 18.2 Å². The number of nitrogens with zero attached hydrogens (tertiary/aromatic N) is 1. The van der Waals surface area contributed by atoms with E-state index in [1.165, 1.54) is 0 Å². The second-order valence-electron chi connectivity index (χ2n) is 4.88. The largest absolute Gasteiger partial charge is 0.493 e. The maximum Gasteiger partial charge on any atom is 0.251 e. The maximum atomic E-state index is 12.4. The molecule has 0 spiro atoms. The van der Waals surface area contributed by atoms with Crippen LogP contribution in [0.2, 0.25) is 0 Å². The lowest BCUT2D eigenvalue weighted by Gasteiger charge is -2.26. The lowest BCUT2D eigenvalue weighted by Crippen LogP contribution is -2.32. The van der Waals surface area contributed by atoms with Gasteiger partial charge in [-0.3, -0.25) is 4.79 Å². The standard InChI is InChI=1S/C16H17N3O2/c1-17-15-10-11(6-8-18-15)16(20)19-13-7-9-21-14-5-3-2-4-12(13)14/h2-6,8,10,13H,7,9H2,1H3,(H,17,18)(H,19,20). The number of amides is 1. The minimum atomic E-state index is -0.101. The molecule has 0 fully saturated rings. The third-order valence-corrected chi connectivity index (χ3v) is 3.54. The summed E-state index contributed by atoms with van der Waals surface area (Å²) < 4.78 is 5.61. The number of rotatable bonds is 3. The normalized spacial score (nSPS) is 16.5. The molecule has 1 unspecified atom stereocenters. The van der Waals surface area contributed by atoms with Gasteiger partial charge in [0.1, 0.15) is 11.6 Å². The first-order chi connectivity index (χ1) is 10.3. The molecule has 1 aromatic heterocycles. The molecule has 0 bridgehead atoms. The summed E-state index contributed by atoms with van der Waals surface area (Å²) in [6.45, 7) is 0.611. The first-order valence-corrected chi connectivity index (χ1v) is 6.94. The number of ether oxygens (including phenoxy) is 1. The molecule has 2 aromatic rings. The van der Waals surface area contributed by atoms with Crippen LogP contribution in [-0.2, 0) is 0 Å². The number of anilines is 1. The summed E-state index contributed by atoms with van der Waals surface area (Å²) in [5.74, 6) is 1.42. The highest BCUT2D eigenvalue weighted by Gasteiger charge is 2.23. The van der Waals surface area contributed by atoms with Crippen molar-refractivity contribution in [1.82, 2.24) is 10.3 Å².